The lowest BCUT2D eigenvalue weighted by Crippen LogP contribution is -2.23. The number of hydrogen-bond donors (Lipinski definition) is 2. The van der Waals surface area contributed by atoms with Crippen LogP contribution in [0.25, 0.3) is 0 Å². The van der Waals surface area contributed by atoms with Crippen molar-refractivity contribution in [3.63, 3.8) is 0 Å². The Kier molecular flexibility index (Phi) is 6.14. The van der Waals surface area contributed by atoms with Gasteiger partial charge in [-0.05, 0) is 49.3 Å². The van der Waals surface area contributed by atoms with Crippen LogP contribution in [-0.4, -0.2) is 25.5 Å². The van der Waals surface area contributed by atoms with Crippen molar-refractivity contribution in [1.29, 1.82) is 0 Å². The third-order valence-electron chi connectivity index (χ3n) is 3.45. The first kappa shape index (κ1) is 17.7. The van der Waals surface area contributed by atoms with Gasteiger partial charge in [0.05, 0.1) is 20.4 Å². The van der Waals surface area contributed by atoms with Crippen molar-refractivity contribution in [2.24, 2.45) is 5.10 Å². The van der Waals surface area contributed by atoms with Crippen LogP contribution in [0.3, 0.4) is 0 Å². The van der Waals surface area contributed by atoms with E-state index in [0.717, 1.165) is 16.8 Å². The van der Waals surface area contributed by atoms with E-state index in [2.05, 4.69) is 34.0 Å². The molecule has 0 fully saturated rings. The number of ether oxygens (including phenoxy) is 2. The average molecular weight is 343 g/mol. The molecule has 126 valence electrons. The molecule has 5 nitrogen and oxygen atoms in total. The van der Waals surface area contributed by atoms with Crippen molar-refractivity contribution in [3.05, 3.63) is 53.1 Å². The minimum absolute atomic E-state index is 0.392. The van der Waals surface area contributed by atoms with E-state index in [-0.39, 0.29) is 0 Å². The van der Waals surface area contributed by atoms with Crippen molar-refractivity contribution in [2.45, 2.75) is 13.8 Å². The molecule has 0 saturated carbocycles. The lowest BCUT2D eigenvalue weighted by atomic mass is 10.1. The number of benzene rings is 2. The molecule has 24 heavy (non-hydrogen) atoms. The monoisotopic (exact) mass is 343 g/mol. The largest absolute Gasteiger partial charge is 0.493 e. The Labute approximate surface area is 147 Å². The van der Waals surface area contributed by atoms with E-state index in [0.29, 0.717) is 16.6 Å². The fraction of sp³-hybridized carbons (Fsp3) is 0.222. The Hall–Kier alpha value is -2.60. The maximum atomic E-state index is 5.26. The highest BCUT2D eigenvalue weighted by Crippen LogP contribution is 2.29. The van der Waals surface area contributed by atoms with Crippen LogP contribution in [0.5, 0.6) is 11.5 Å². The van der Waals surface area contributed by atoms with Gasteiger partial charge in [-0.3, -0.25) is 5.43 Å². The van der Waals surface area contributed by atoms with E-state index in [1.807, 2.05) is 26.0 Å². The van der Waals surface area contributed by atoms with Crippen LogP contribution in [0.2, 0.25) is 0 Å². The first-order chi connectivity index (χ1) is 11.5. The van der Waals surface area contributed by atoms with Gasteiger partial charge < -0.3 is 14.8 Å². The third kappa shape index (κ3) is 4.70. The third-order valence-corrected chi connectivity index (χ3v) is 3.64. The zero-order valence-electron chi connectivity index (χ0n) is 14.2. The number of hydrogen-bond acceptors (Lipinski definition) is 4. The van der Waals surface area contributed by atoms with Gasteiger partial charge in [0.15, 0.2) is 16.6 Å². The molecular weight excluding hydrogens is 322 g/mol. The molecule has 2 rings (SSSR count). The lowest BCUT2D eigenvalue weighted by Gasteiger charge is -2.11. The summed E-state index contributed by atoms with van der Waals surface area (Å²) in [4.78, 5) is 0. The van der Waals surface area contributed by atoms with Gasteiger partial charge in [0, 0.05) is 11.8 Å². The molecule has 0 heterocycles. The summed E-state index contributed by atoms with van der Waals surface area (Å²) >= 11 is 5.24. The van der Waals surface area contributed by atoms with E-state index >= 15 is 0 Å². The quantitative estimate of drug-likeness (QED) is 0.493. The fourth-order valence-corrected chi connectivity index (χ4v) is 2.30. The molecule has 0 aliphatic carbocycles. The van der Waals surface area contributed by atoms with Gasteiger partial charge in [-0.1, -0.05) is 23.8 Å². The number of thiocarbonyl (C=S) groups is 1. The first-order valence-electron chi connectivity index (χ1n) is 7.43. The summed E-state index contributed by atoms with van der Waals surface area (Å²) in [5.74, 6) is 1.29. The van der Waals surface area contributed by atoms with Crippen molar-refractivity contribution in [2.75, 3.05) is 19.5 Å². The van der Waals surface area contributed by atoms with Crippen LogP contribution < -0.4 is 20.2 Å². The van der Waals surface area contributed by atoms with Crippen LogP contribution in [0.4, 0.5) is 5.69 Å². The molecule has 0 atom stereocenters. The highest BCUT2D eigenvalue weighted by Gasteiger charge is 2.05. The second-order valence-electron chi connectivity index (χ2n) is 5.25. The summed E-state index contributed by atoms with van der Waals surface area (Å²) in [5.41, 5.74) is 6.99. The van der Waals surface area contributed by atoms with E-state index < -0.39 is 0 Å². The summed E-state index contributed by atoms with van der Waals surface area (Å²) in [6.07, 6.45) is 1.75. The summed E-state index contributed by atoms with van der Waals surface area (Å²) in [7, 11) is 3.19. The highest BCUT2D eigenvalue weighted by molar-refractivity contribution is 7.80. The van der Waals surface area contributed by atoms with E-state index in [1.165, 1.54) is 5.56 Å². The van der Waals surface area contributed by atoms with Gasteiger partial charge in [-0.2, -0.15) is 5.10 Å². The Morgan fingerprint density at radius 3 is 2.50 bits per heavy atom. The number of nitrogens with one attached hydrogen (secondary N) is 2. The maximum Gasteiger partial charge on any atom is 0.191 e. The van der Waals surface area contributed by atoms with Gasteiger partial charge in [0.1, 0.15) is 0 Å². The van der Waals surface area contributed by atoms with Crippen LogP contribution in [0.15, 0.2) is 41.5 Å². The summed E-state index contributed by atoms with van der Waals surface area (Å²) in [5, 5.41) is 7.62. The predicted molar refractivity (Wildman–Crippen MR) is 102 cm³/mol. The van der Waals surface area contributed by atoms with Gasteiger partial charge in [0.25, 0.3) is 0 Å². The Balaban J connectivity index is 1.98. The number of nitrogens with zero attached hydrogens (tertiary/aromatic N) is 1. The molecule has 0 saturated heterocycles. The molecule has 0 radical (unpaired) electrons. The smallest absolute Gasteiger partial charge is 0.191 e. The minimum atomic E-state index is 0.392. The van der Waals surface area contributed by atoms with Crippen molar-refractivity contribution in [1.82, 2.24) is 5.43 Å². The lowest BCUT2D eigenvalue weighted by molar-refractivity contribution is 0.355. The Bertz CT molecular complexity index is 760. The van der Waals surface area contributed by atoms with Crippen LogP contribution in [0, 0.1) is 13.8 Å². The Morgan fingerprint density at radius 1 is 1.04 bits per heavy atom. The van der Waals surface area contributed by atoms with Crippen molar-refractivity contribution < 1.29 is 9.47 Å². The molecule has 0 spiro atoms. The summed E-state index contributed by atoms with van der Waals surface area (Å²) < 4.78 is 10.5. The second-order valence-corrected chi connectivity index (χ2v) is 5.66. The van der Waals surface area contributed by atoms with Crippen molar-refractivity contribution in [3.8, 4) is 11.5 Å². The van der Waals surface area contributed by atoms with Gasteiger partial charge >= 0.3 is 0 Å². The van der Waals surface area contributed by atoms with Gasteiger partial charge in [0.2, 0.25) is 0 Å². The molecule has 6 heteroatoms. The first-order valence-corrected chi connectivity index (χ1v) is 7.83. The van der Waals surface area contributed by atoms with E-state index in [9.17, 15) is 0 Å². The highest BCUT2D eigenvalue weighted by atomic mass is 32.1. The van der Waals surface area contributed by atoms with Crippen molar-refractivity contribution >= 4 is 29.2 Å². The number of anilines is 1. The summed E-state index contributed by atoms with van der Waals surface area (Å²) in [6, 6.07) is 11.7. The molecule has 2 aromatic carbocycles. The average Bonchev–Trinajstić information content (AvgIpc) is 2.57. The predicted octanol–water partition coefficient (Wildman–Crippen LogP) is 3.64. The number of aryl methyl sites for hydroxylation is 2. The molecule has 0 aliphatic heterocycles. The SMILES string of the molecule is COc1ccc(NC(=S)N/N=C\c2cc(C)ccc2C)cc1OC. The van der Waals surface area contributed by atoms with Gasteiger partial charge in [-0.25, -0.2) is 0 Å². The zero-order chi connectivity index (χ0) is 17.5. The fourth-order valence-electron chi connectivity index (χ4n) is 2.13. The number of hydrazone groups is 1. The summed E-state index contributed by atoms with van der Waals surface area (Å²) in [6.45, 7) is 4.09. The number of methoxy groups -OCH3 is 2. The molecule has 0 bridgehead atoms. The minimum Gasteiger partial charge on any atom is -0.493 e. The normalized spacial score (nSPS) is 10.5. The zero-order valence-corrected chi connectivity index (χ0v) is 15.0. The maximum absolute atomic E-state index is 5.26. The van der Waals surface area contributed by atoms with Crippen LogP contribution >= 0.6 is 12.2 Å². The van der Waals surface area contributed by atoms with E-state index in [1.54, 1.807) is 26.5 Å². The van der Waals surface area contributed by atoms with Crippen LogP contribution in [-0.2, 0) is 0 Å². The van der Waals surface area contributed by atoms with Crippen LogP contribution in [0.1, 0.15) is 16.7 Å². The number of rotatable bonds is 5. The second kappa shape index (κ2) is 8.31. The molecule has 2 aromatic rings. The van der Waals surface area contributed by atoms with Gasteiger partial charge in [-0.15, -0.1) is 0 Å². The van der Waals surface area contributed by atoms with E-state index in [4.69, 9.17) is 21.7 Å². The standard InChI is InChI=1S/C18H21N3O2S/c1-12-5-6-13(2)14(9-12)11-19-21-18(24)20-15-7-8-16(22-3)17(10-15)23-4/h5-11H,1-4H3,(H2,20,21,24)/b19-11-. The molecular formula is C18H21N3O2S. The Morgan fingerprint density at radius 2 is 1.79 bits per heavy atom. The molecule has 2 N–H and O–H groups in total. The topological polar surface area (TPSA) is 54.9 Å². The molecule has 0 unspecified atom stereocenters. The molecule has 0 aliphatic rings. The molecule has 0 amide bonds. The molecule has 0 aromatic heterocycles.